The van der Waals surface area contributed by atoms with Gasteiger partial charge < -0.3 is 25.0 Å². The van der Waals surface area contributed by atoms with Crippen molar-refractivity contribution in [1.29, 1.82) is 0 Å². The van der Waals surface area contributed by atoms with E-state index in [-0.39, 0.29) is 17.9 Å². The molecule has 1 aromatic carbocycles. The zero-order valence-electron chi connectivity index (χ0n) is 17.4. The van der Waals surface area contributed by atoms with Crippen LogP contribution in [-0.4, -0.2) is 92.6 Å². The number of benzene rings is 1. The molecule has 0 atom stereocenters. The Morgan fingerprint density at radius 2 is 1.76 bits per heavy atom. The van der Waals surface area contributed by atoms with Crippen LogP contribution in [0.4, 0.5) is 0 Å². The van der Waals surface area contributed by atoms with Crippen LogP contribution in [0.3, 0.4) is 0 Å². The van der Waals surface area contributed by atoms with E-state index in [4.69, 9.17) is 15.2 Å². The molecular formula is C21H32N4O4. The summed E-state index contributed by atoms with van der Waals surface area (Å²) in [4.78, 5) is 30.1. The van der Waals surface area contributed by atoms with Crippen LogP contribution in [0.25, 0.3) is 0 Å². The van der Waals surface area contributed by atoms with Crippen molar-refractivity contribution >= 4 is 11.8 Å². The molecule has 0 bridgehead atoms. The van der Waals surface area contributed by atoms with E-state index in [1.807, 2.05) is 17.0 Å². The zero-order chi connectivity index (χ0) is 20.8. The van der Waals surface area contributed by atoms with E-state index in [1.54, 1.807) is 13.2 Å². The van der Waals surface area contributed by atoms with Gasteiger partial charge in [-0.15, -0.1) is 0 Å². The Labute approximate surface area is 172 Å². The number of hydrogen-bond donors (Lipinski definition) is 1. The Morgan fingerprint density at radius 1 is 1.07 bits per heavy atom. The predicted molar refractivity (Wildman–Crippen MR) is 110 cm³/mol. The lowest BCUT2D eigenvalue weighted by Crippen LogP contribution is -2.49. The van der Waals surface area contributed by atoms with Gasteiger partial charge in [-0.2, -0.15) is 0 Å². The Kier molecular flexibility index (Phi) is 7.33. The maximum absolute atomic E-state index is 12.9. The maximum atomic E-state index is 12.9. The zero-order valence-corrected chi connectivity index (χ0v) is 17.4. The normalized spacial score (nSPS) is 19.2. The van der Waals surface area contributed by atoms with Crippen molar-refractivity contribution in [2.75, 3.05) is 60.0 Å². The highest BCUT2D eigenvalue weighted by molar-refractivity contribution is 5.95. The summed E-state index contributed by atoms with van der Waals surface area (Å²) in [5, 5.41) is 0. The number of nitrogens with zero attached hydrogens (tertiary/aromatic N) is 3. The van der Waals surface area contributed by atoms with E-state index in [1.165, 1.54) is 0 Å². The number of primary amides is 1. The molecule has 2 amide bonds. The number of piperidine rings is 1. The minimum Gasteiger partial charge on any atom is -0.493 e. The van der Waals surface area contributed by atoms with Crippen LogP contribution in [0.1, 0.15) is 29.6 Å². The first kappa shape index (κ1) is 21.4. The van der Waals surface area contributed by atoms with Gasteiger partial charge in [-0.25, -0.2) is 0 Å². The molecule has 29 heavy (non-hydrogen) atoms. The SMILES string of the molecule is COc1cc(C(=O)N2CCN(CCC(N)=O)CC2)ccc1OC1CCN(C)CC1. The average Bonchev–Trinajstić information content (AvgIpc) is 2.74. The molecule has 0 radical (unpaired) electrons. The summed E-state index contributed by atoms with van der Waals surface area (Å²) in [5.74, 6) is 0.978. The molecule has 0 aliphatic carbocycles. The van der Waals surface area contributed by atoms with Gasteiger partial charge >= 0.3 is 0 Å². The van der Waals surface area contributed by atoms with Crippen LogP contribution >= 0.6 is 0 Å². The number of rotatable bonds is 7. The van der Waals surface area contributed by atoms with Crippen molar-refractivity contribution in [3.05, 3.63) is 23.8 Å². The van der Waals surface area contributed by atoms with E-state index in [0.717, 1.165) is 39.0 Å². The van der Waals surface area contributed by atoms with E-state index >= 15 is 0 Å². The molecule has 2 N–H and O–H groups in total. The highest BCUT2D eigenvalue weighted by Crippen LogP contribution is 2.31. The van der Waals surface area contributed by atoms with Crippen LogP contribution in [0, 0.1) is 0 Å². The van der Waals surface area contributed by atoms with Gasteiger partial charge in [0.15, 0.2) is 11.5 Å². The number of piperazine rings is 1. The number of methoxy groups -OCH3 is 1. The third-order valence-electron chi connectivity index (χ3n) is 5.70. The summed E-state index contributed by atoms with van der Waals surface area (Å²) in [7, 11) is 3.72. The van der Waals surface area contributed by atoms with Crippen LogP contribution in [0.5, 0.6) is 11.5 Å². The summed E-state index contributed by atoms with van der Waals surface area (Å²) >= 11 is 0. The van der Waals surface area contributed by atoms with Crippen LogP contribution < -0.4 is 15.2 Å². The maximum Gasteiger partial charge on any atom is 0.254 e. The van der Waals surface area contributed by atoms with Gasteiger partial charge in [-0.1, -0.05) is 0 Å². The number of carbonyl (C=O) groups is 2. The Morgan fingerprint density at radius 3 is 2.38 bits per heavy atom. The molecule has 0 saturated carbocycles. The van der Waals surface area contributed by atoms with Crippen LogP contribution in [0.15, 0.2) is 18.2 Å². The molecule has 8 nitrogen and oxygen atoms in total. The second-order valence-corrected chi connectivity index (χ2v) is 7.84. The lowest BCUT2D eigenvalue weighted by Gasteiger charge is -2.34. The molecule has 2 heterocycles. The first-order valence-electron chi connectivity index (χ1n) is 10.3. The highest BCUT2D eigenvalue weighted by atomic mass is 16.5. The molecule has 1 aromatic rings. The monoisotopic (exact) mass is 404 g/mol. The molecule has 8 heteroatoms. The number of ether oxygens (including phenoxy) is 2. The van der Waals surface area contributed by atoms with Gasteiger partial charge in [0.25, 0.3) is 5.91 Å². The van der Waals surface area contributed by atoms with Crippen molar-refractivity contribution in [3.63, 3.8) is 0 Å². The number of amides is 2. The molecule has 0 aromatic heterocycles. The minimum atomic E-state index is -0.293. The Hall–Kier alpha value is -2.32. The van der Waals surface area contributed by atoms with E-state index in [0.29, 0.717) is 43.1 Å². The summed E-state index contributed by atoms with van der Waals surface area (Å²) < 4.78 is 11.6. The molecule has 0 spiro atoms. The van der Waals surface area contributed by atoms with Gasteiger partial charge in [0.1, 0.15) is 6.10 Å². The fourth-order valence-electron chi connectivity index (χ4n) is 3.81. The molecule has 2 aliphatic heterocycles. The third-order valence-corrected chi connectivity index (χ3v) is 5.70. The van der Waals surface area contributed by atoms with E-state index < -0.39 is 0 Å². The number of likely N-dealkylation sites (tertiary alicyclic amines) is 1. The van der Waals surface area contributed by atoms with E-state index in [2.05, 4.69) is 16.8 Å². The first-order chi connectivity index (χ1) is 14.0. The Bertz CT molecular complexity index is 711. The highest BCUT2D eigenvalue weighted by Gasteiger charge is 2.24. The lowest BCUT2D eigenvalue weighted by molar-refractivity contribution is -0.118. The van der Waals surface area contributed by atoms with Gasteiger partial charge in [-0.05, 0) is 38.1 Å². The number of carbonyl (C=O) groups excluding carboxylic acids is 2. The average molecular weight is 405 g/mol. The molecule has 2 aliphatic rings. The number of hydrogen-bond acceptors (Lipinski definition) is 6. The molecule has 2 fully saturated rings. The summed E-state index contributed by atoms with van der Waals surface area (Å²) in [6, 6.07) is 5.42. The molecular weight excluding hydrogens is 372 g/mol. The van der Waals surface area contributed by atoms with Crippen LogP contribution in [0.2, 0.25) is 0 Å². The van der Waals surface area contributed by atoms with Crippen molar-refractivity contribution in [2.24, 2.45) is 5.73 Å². The van der Waals surface area contributed by atoms with Gasteiger partial charge in [0, 0.05) is 57.8 Å². The molecule has 0 unspecified atom stereocenters. The van der Waals surface area contributed by atoms with Crippen molar-refractivity contribution < 1.29 is 19.1 Å². The third kappa shape index (κ3) is 5.83. The smallest absolute Gasteiger partial charge is 0.254 e. The van der Waals surface area contributed by atoms with Gasteiger partial charge in [0.05, 0.1) is 7.11 Å². The van der Waals surface area contributed by atoms with Gasteiger partial charge in [0.2, 0.25) is 5.91 Å². The largest absolute Gasteiger partial charge is 0.493 e. The lowest BCUT2D eigenvalue weighted by atomic mass is 10.1. The molecule has 3 rings (SSSR count). The first-order valence-corrected chi connectivity index (χ1v) is 10.3. The van der Waals surface area contributed by atoms with Crippen molar-refractivity contribution in [1.82, 2.24) is 14.7 Å². The standard InChI is InChI=1S/C21H32N4O4/c1-23-8-5-17(6-9-23)29-18-4-3-16(15-19(18)28-2)21(27)25-13-11-24(12-14-25)10-7-20(22)26/h3-4,15,17H,5-14H2,1-2H3,(H2,22,26). The summed E-state index contributed by atoms with van der Waals surface area (Å²) in [6.07, 6.45) is 2.50. The second-order valence-electron chi connectivity index (χ2n) is 7.84. The summed E-state index contributed by atoms with van der Waals surface area (Å²) in [5.41, 5.74) is 5.81. The van der Waals surface area contributed by atoms with Crippen molar-refractivity contribution in [2.45, 2.75) is 25.4 Å². The minimum absolute atomic E-state index is 0.0105. The molecule has 2 saturated heterocycles. The quantitative estimate of drug-likeness (QED) is 0.723. The van der Waals surface area contributed by atoms with Crippen LogP contribution in [-0.2, 0) is 4.79 Å². The fourth-order valence-corrected chi connectivity index (χ4v) is 3.81. The Balaban J connectivity index is 1.58. The van der Waals surface area contributed by atoms with Gasteiger partial charge in [-0.3, -0.25) is 14.5 Å². The second kappa shape index (κ2) is 9.93. The number of nitrogens with two attached hydrogens (primary N) is 1. The topological polar surface area (TPSA) is 88.3 Å². The predicted octanol–water partition coefficient (Wildman–Crippen LogP) is 0.801. The molecule has 160 valence electrons. The fraction of sp³-hybridized carbons (Fsp3) is 0.619. The van der Waals surface area contributed by atoms with E-state index in [9.17, 15) is 9.59 Å². The summed E-state index contributed by atoms with van der Waals surface area (Å²) in [6.45, 7) is 5.45. The van der Waals surface area contributed by atoms with Crippen molar-refractivity contribution in [3.8, 4) is 11.5 Å².